The molecule has 1 saturated heterocycles. The van der Waals surface area contributed by atoms with E-state index in [0.717, 1.165) is 5.56 Å². The minimum absolute atomic E-state index is 0.0932. The maximum Gasteiger partial charge on any atom is 0.306 e. The van der Waals surface area contributed by atoms with Crippen molar-refractivity contribution in [2.24, 2.45) is 5.92 Å². The van der Waals surface area contributed by atoms with E-state index >= 15 is 0 Å². The van der Waals surface area contributed by atoms with Gasteiger partial charge in [0.05, 0.1) is 12.5 Å². The number of benzene rings is 1. The van der Waals surface area contributed by atoms with Gasteiger partial charge < -0.3 is 19.3 Å². The summed E-state index contributed by atoms with van der Waals surface area (Å²) in [7, 11) is 1.53. The van der Waals surface area contributed by atoms with Crippen molar-refractivity contribution in [3.63, 3.8) is 0 Å². The molecule has 2 amide bonds. The number of carbonyl (C=O) groups is 3. The van der Waals surface area contributed by atoms with Crippen LogP contribution in [0.3, 0.4) is 0 Å². The van der Waals surface area contributed by atoms with Crippen LogP contribution in [-0.4, -0.2) is 64.4 Å². The zero-order valence-corrected chi connectivity index (χ0v) is 15.0. The summed E-state index contributed by atoms with van der Waals surface area (Å²) >= 11 is 0. The second-order valence-electron chi connectivity index (χ2n) is 6.56. The second kappa shape index (κ2) is 8.03. The molecule has 0 spiro atoms. The van der Waals surface area contributed by atoms with Crippen LogP contribution in [0.25, 0.3) is 11.5 Å². The molecule has 0 saturated carbocycles. The Balaban J connectivity index is 1.57. The van der Waals surface area contributed by atoms with Gasteiger partial charge in [0.15, 0.2) is 5.69 Å². The number of likely N-dealkylation sites (tertiary alicyclic amines) is 1. The number of nitrogens with zero attached hydrogens (tertiary/aromatic N) is 3. The lowest BCUT2D eigenvalue weighted by Crippen LogP contribution is -2.45. The summed E-state index contributed by atoms with van der Waals surface area (Å²) in [6.07, 6.45) is 2.15. The molecule has 1 aliphatic heterocycles. The second-order valence-corrected chi connectivity index (χ2v) is 6.56. The van der Waals surface area contributed by atoms with Crippen molar-refractivity contribution in [2.75, 3.05) is 26.7 Å². The summed E-state index contributed by atoms with van der Waals surface area (Å²) < 4.78 is 5.37. The van der Waals surface area contributed by atoms with Crippen molar-refractivity contribution in [1.29, 1.82) is 0 Å². The first-order chi connectivity index (χ1) is 13.0. The molecular weight excluding hydrogens is 350 g/mol. The van der Waals surface area contributed by atoms with E-state index in [1.165, 1.54) is 18.2 Å². The third kappa shape index (κ3) is 4.33. The van der Waals surface area contributed by atoms with Crippen molar-refractivity contribution >= 4 is 17.8 Å². The summed E-state index contributed by atoms with van der Waals surface area (Å²) in [5, 5.41) is 9.02. The van der Waals surface area contributed by atoms with E-state index in [1.54, 1.807) is 4.90 Å². The first kappa shape index (κ1) is 18.6. The Morgan fingerprint density at radius 1 is 1.22 bits per heavy atom. The number of hydrogen-bond donors (Lipinski definition) is 1. The smallest absolute Gasteiger partial charge is 0.306 e. The molecule has 1 aromatic heterocycles. The van der Waals surface area contributed by atoms with Gasteiger partial charge in [-0.25, -0.2) is 4.98 Å². The molecular formula is C19H21N3O5. The highest BCUT2D eigenvalue weighted by molar-refractivity contribution is 5.94. The van der Waals surface area contributed by atoms with Gasteiger partial charge in [-0.15, -0.1) is 0 Å². The first-order valence-electron chi connectivity index (χ1n) is 8.72. The normalized spacial score (nSPS) is 14.8. The highest BCUT2D eigenvalue weighted by Gasteiger charge is 2.28. The van der Waals surface area contributed by atoms with E-state index in [4.69, 9.17) is 9.52 Å². The fraction of sp³-hybridized carbons (Fsp3) is 0.368. The van der Waals surface area contributed by atoms with Crippen LogP contribution in [-0.2, 0) is 9.59 Å². The molecule has 0 bridgehead atoms. The molecule has 2 heterocycles. The van der Waals surface area contributed by atoms with Gasteiger partial charge in [-0.05, 0) is 25.0 Å². The number of carbonyl (C=O) groups excluding carboxylic acids is 2. The molecule has 1 aromatic carbocycles. The number of oxazole rings is 1. The Bertz CT molecular complexity index is 825. The Labute approximate surface area is 156 Å². The van der Waals surface area contributed by atoms with Crippen molar-refractivity contribution in [3.8, 4) is 11.5 Å². The van der Waals surface area contributed by atoms with E-state index in [9.17, 15) is 14.4 Å². The van der Waals surface area contributed by atoms with Gasteiger partial charge >= 0.3 is 5.97 Å². The molecule has 1 N–H and O–H groups in total. The molecule has 1 fully saturated rings. The molecule has 2 aromatic rings. The first-order valence-corrected chi connectivity index (χ1v) is 8.72. The van der Waals surface area contributed by atoms with Crippen LogP contribution >= 0.6 is 0 Å². The predicted molar refractivity (Wildman–Crippen MR) is 95.8 cm³/mol. The van der Waals surface area contributed by atoms with Gasteiger partial charge in [-0.3, -0.25) is 14.4 Å². The minimum Gasteiger partial charge on any atom is -0.481 e. The van der Waals surface area contributed by atoms with Crippen molar-refractivity contribution in [1.82, 2.24) is 14.8 Å². The van der Waals surface area contributed by atoms with Gasteiger partial charge in [-0.1, -0.05) is 18.2 Å². The van der Waals surface area contributed by atoms with E-state index in [0.29, 0.717) is 31.8 Å². The zero-order valence-electron chi connectivity index (χ0n) is 15.0. The summed E-state index contributed by atoms with van der Waals surface area (Å²) in [5.41, 5.74) is 0.894. The van der Waals surface area contributed by atoms with Crippen LogP contribution in [0.5, 0.6) is 0 Å². The molecule has 0 atom stereocenters. The highest BCUT2D eigenvalue weighted by atomic mass is 16.4. The molecule has 8 nitrogen and oxygen atoms in total. The largest absolute Gasteiger partial charge is 0.481 e. The Morgan fingerprint density at radius 2 is 1.89 bits per heavy atom. The molecule has 0 unspecified atom stereocenters. The Hall–Kier alpha value is -3.16. The number of aliphatic carboxylic acids is 1. The number of hydrogen-bond acceptors (Lipinski definition) is 5. The van der Waals surface area contributed by atoms with Gasteiger partial charge in [-0.2, -0.15) is 0 Å². The molecule has 3 rings (SSSR count). The van der Waals surface area contributed by atoms with Crippen molar-refractivity contribution in [2.45, 2.75) is 12.8 Å². The van der Waals surface area contributed by atoms with Gasteiger partial charge in [0, 0.05) is 25.7 Å². The quantitative estimate of drug-likeness (QED) is 0.858. The number of piperidine rings is 1. The van der Waals surface area contributed by atoms with E-state index < -0.39 is 17.8 Å². The standard InChI is InChI=1S/C19H21N3O5/c1-21(11-16(23)22-9-7-14(8-10-22)19(25)26)18(24)15-12-27-17(20-15)13-5-3-2-4-6-13/h2-6,12,14H,7-11H2,1H3,(H,25,26). The summed E-state index contributed by atoms with van der Waals surface area (Å²) in [6, 6.07) is 9.22. The fourth-order valence-electron chi connectivity index (χ4n) is 3.03. The minimum atomic E-state index is -0.824. The predicted octanol–water partition coefficient (Wildman–Crippen LogP) is 1.74. The lowest BCUT2D eigenvalue weighted by Gasteiger charge is -2.31. The highest BCUT2D eigenvalue weighted by Crippen LogP contribution is 2.19. The third-order valence-electron chi connectivity index (χ3n) is 4.66. The number of rotatable bonds is 5. The van der Waals surface area contributed by atoms with Gasteiger partial charge in [0.1, 0.15) is 6.26 Å². The zero-order chi connectivity index (χ0) is 19.4. The number of amides is 2. The van der Waals surface area contributed by atoms with Crippen molar-refractivity contribution in [3.05, 3.63) is 42.3 Å². The van der Waals surface area contributed by atoms with Crippen molar-refractivity contribution < 1.29 is 23.9 Å². The molecule has 0 aliphatic carbocycles. The van der Waals surface area contributed by atoms with Gasteiger partial charge in [0.25, 0.3) is 5.91 Å². The fourth-order valence-corrected chi connectivity index (χ4v) is 3.03. The Kier molecular flexibility index (Phi) is 5.54. The summed E-state index contributed by atoms with van der Waals surface area (Å²) in [5.74, 6) is -1.50. The average Bonchev–Trinajstić information content (AvgIpc) is 3.18. The maximum absolute atomic E-state index is 12.5. The van der Waals surface area contributed by atoms with Gasteiger partial charge in [0.2, 0.25) is 11.8 Å². The molecule has 8 heteroatoms. The summed E-state index contributed by atoms with van der Waals surface area (Å²) in [4.78, 5) is 43.0. The lowest BCUT2D eigenvalue weighted by atomic mass is 9.97. The van der Waals surface area contributed by atoms with Crippen LogP contribution in [0.2, 0.25) is 0 Å². The van der Waals surface area contributed by atoms with E-state index in [-0.39, 0.29) is 18.1 Å². The van der Waals surface area contributed by atoms with Crippen LogP contribution in [0.15, 0.2) is 41.0 Å². The van der Waals surface area contributed by atoms with Crippen LogP contribution < -0.4 is 0 Å². The van der Waals surface area contributed by atoms with Crippen LogP contribution in [0, 0.1) is 5.92 Å². The number of carboxylic acids is 1. The monoisotopic (exact) mass is 371 g/mol. The molecule has 0 radical (unpaired) electrons. The van der Waals surface area contributed by atoms with E-state index in [1.807, 2.05) is 30.3 Å². The van der Waals surface area contributed by atoms with Crippen LogP contribution in [0.4, 0.5) is 0 Å². The molecule has 27 heavy (non-hydrogen) atoms. The topological polar surface area (TPSA) is 104 Å². The molecule has 1 aliphatic rings. The van der Waals surface area contributed by atoms with E-state index in [2.05, 4.69) is 4.98 Å². The SMILES string of the molecule is CN(CC(=O)N1CCC(C(=O)O)CC1)C(=O)c1coc(-c2ccccc2)n1. The Morgan fingerprint density at radius 3 is 2.52 bits per heavy atom. The third-order valence-corrected chi connectivity index (χ3v) is 4.66. The number of carboxylic acid groups (broad SMARTS) is 1. The average molecular weight is 371 g/mol. The number of likely N-dealkylation sites (N-methyl/N-ethyl adjacent to an activating group) is 1. The van der Waals surface area contributed by atoms with Crippen LogP contribution in [0.1, 0.15) is 23.3 Å². The molecule has 142 valence electrons. The summed E-state index contributed by atoms with van der Waals surface area (Å²) in [6.45, 7) is 0.685. The lowest BCUT2D eigenvalue weighted by molar-refractivity contribution is -0.145. The maximum atomic E-state index is 12.5. The number of aromatic nitrogens is 1.